The Morgan fingerprint density at radius 3 is 2.50 bits per heavy atom. The number of pyridine rings is 1. The molecule has 1 aliphatic heterocycles. The minimum Gasteiger partial charge on any atom is -0.488 e. The molecular formula is C28H39NO5. The lowest BCUT2D eigenvalue weighted by Crippen LogP contribution is -2.29. The highest BCUT2D eigenvalue weighted by atomic mass is 16.7. The summed E-state index contributed by atoms with van der Waals surface area (Å²) < 4.78 is 16.9. The molecule has 1 unspecified atom stereocenters. The van der Waals surface area contributed by atoms with Crippen molar-refractivity contribution in [3.05, 3.63) is 46.6 Å². The number of benzene rings is 1. The van der Waals surface area contributed by atoms with Crippen LogP contribution in [0.1, 0.15) is 81.4 Å². The zero-order valence-electron chi connectivity index (χ0n) is 21.6. The van der Waals surface area contributed by atoms with Gasteiger partial charge in [0.25, 0.3) is 5.88 Å². The van der Waals surface area contributed by atoms with Crippen LogP contribution in [0.3, 0.4) is 0 Å². The van der Waals surface area contributed by atoms with E-state index in [4.69, 9.17) is 14.2 Å². The first-order chi connectivity index (χ1) is 16.0. The van der Waals surface area contributed by atoms with Crippen LogP contribution in [0, 0.1) is 24.7 Å². The second kappa shape index (κ2) is 10.8. The number of rotatable bonds is 8. The molecule has 1 fully saturated rings. The third-order valence-electron chi connectivity index (χ3n) is 6.80. The molecule has 2 aromatic rings. The largest absolute Gasteiger partial charge is 0.488 e. The van der Waals surface area contributed by atoms with Crippen LogP contribution in [-0.2, 0) is 13.0 Å². The molecule has 0 saturated heterocycles. The van der Waals surface area contributed by atoms with Gasteiger partial charge in [0, 0.05) is 17.7 Å². The lowest BCUT2D eigenvalue weighted by Gasteiger charge is -2.25. The van der Waals surface area contributed by atoms with Crippen molar-refractivity contribution in [3.8, 4) is 17.4 Å². The molecule has 34 heavy (non-hydrogen) atoms. The number of aromatic nitrogens is 1. The summed E-state index contributed by atoms with van der Waals surface area (Å²) in [6.45, 7) is 14.2. The van der Waals surface area contributed by atoms with Crippen LogP contribution in [0.15, 0.2) is 24.4 Å². The number of aliphatic hydroxyl groups is 1. The van der Waals surface area contributed by atoms with Crippen molar-refractivity contribution in [2.24, 2.45) is 17.8 Å². The van der Waals surface area contributed by atoms with E-state index in [2.05, 4.69) is 11.9 Å². The summed E-state index contributed by atoms with van der Waals surface area (Å²) in [5.41, 5.74) is 3.09. The number of hydrogen-bond donors (Lipinski definition) is 1. The van der Waals surface area contributed by atoms with Crippen LogP contribution in [-0.4, -0.2) is 28.3 Å². The van der Waals surface area contributed by atoms with E-state index in [-0.39, 0.29) is 18.5 Å². The molecular weight excluding hydrogens is 430 g/mol. The van der Waals surface area contributed by atoms with Crippen molar-refractivity contribution in [1.82, 2.24) is 4.98 Å². The number of aryl methyl sites for hydroxylation is 2. The Balaban J connectivity index is 0.000000302. The highest BCUT2D eigenvalue weighted by molar-refractivity contribution is 6.01. The Bertz CT molecular complexity index is 1000. The normalized spacial score (nSPS) is 15.6. The minimum atomic E-state index is -0.457. The van der Waals surface area contributed by atoms with Gasteiger partial charge < -0.3 is 19.3 Å². The summed E-state index contributed by atoms with van der Waals surface area (Å²) in [6, 6.07) is 5.76. The maximum absolute atomic E-state index is 12.7. The van der Waals surface area contributed by atoms with Gasteiger partial charge in [-0.2, -0.15) is 0 Å². The van der Waals surface area contributed by atoms with E-state index in [0.717, 1.165) is 29.0 Å². The monoisotopic (exact) mass is 469 g/mol. The van der Waals surface area contributed by atoms with Crippen molar-refractivity contribution >= 4 is 5.78 Å². The van der Waals surface area contributed by atoms with E-state index in [1.54, 1.807) is 6.20 Å². The van der Waals surface area contributed by atoms with Gasteiger partial charge in [-0.05, 0) is 69.1 Å². The number of fused-ring (bicyclic) bond motifs is 1. The smallest absolute Gasteiger partial charge is 0.260 e. The van der Waals surface area contributed by atoms with Crippen molar-refractivity contribution in [2.45, 2.75) is 79.9 Å². The zero-order valence-corrected chi connectivity index (χ0v) is 21.6. The average molecular weight is 470 g/mol. The first kappa shape index (κ1) is 26.0. The maximum Gasteiger partial charge on any atom is 0.260 e. The summed E-state index contributed by atoms with van der Waals surface area (Å²) in [6.07, 6.45) is 5.18. The Morgan fingerprint density at radius 1 is 1.24 bits per heavy atom. The number of carbonyl (C=O) groups is 1. The topological polar surface area (TPSA) is 77.9 Å². The molecule has 1 saturated carbocycles. The molecule has 186 valence electrons. The Kier molecular flexibility index (Phi) is 8.24. The number of nitrogens with zero attached hydrogens (tertiary/aromatic N) is 1. The predicted molar refractivity (Wildman–Crippen MR) is 133 cm³/mol. The van der Waals surface area contributed by atoms with Crippen LogP contribution in [0.5, 0.6) is 17.4 Å². The number of ether oxygens (including phenoxy) is 3. The van der Waals surface area contributed by atoms with E-state index in [1.807, 2.05) is 59.7 Å². The number of hydrogen-bond acceptors (Lipinski definition) is 6. The fraction of sp³-hybridized carbons (Fsp3) is 0.571. The molecule has 1 aliphatic carbocycles. The van der Waals surface area contributed by atoms with E-state index in [1.165, 1.54) is 12.8 Å². The number of Topliss-reactive ketones (excluding diaryl/α,β-unsaturated/α-hetero) is 1. The van der Waals surface area contributed by atoms with Crippen LogP contribution in [0.25, 0.3) is 0 Å². The molecule has 2 heterocycles. The summed E-state index contributed by atoms with van der Waals surface area (Å²) in [7, 11) is 0. The number of carbonyl (C=O) groups excluding carboxylic acids is 1. The zero-order chi connectivity index (χ0) is 25.0. The predicted octanol–water partition coefficient (Wildman–Crippen LogP) is 5.90. The van der Waals surface area contributed by atoms with Gasteiger partial charge in [-0.3, -0.25) is 4.79 Å². The van der Waals surface area contributed by atoms with Crippen molar-refractivity contribution in [1.29, 1.82) is 0 Å². The third-order valence-corrected chi connectivity index (χ3v) is 6.80. The molecule has 1 aromatic heterocycles. The van der Waals surface area contributed by atoms with Crippen LogP contribution < -0.4 is 14.2 Å². The molecule has 1 aromatic carbocycles. The number of ketones is 1. The first-order valence-corrected chi connectivity index (χ1v) is 12.3. The molecule has 2 aliphatic rings. The van der Waals surface area contributed by atoms with Crippen LogP contribution in [0.4, 0.5) is 0 Å². The van der Waals surface area contributed by atoms with E-state index in [9.17, 15) is 9.90 Å². The summed E-state index contributed by atoms with van der Waals surface area (Å²) in [5, 5.41) is 9.50. The van der Waals surface area contributed by atoms with E-state index < -0.39 is 5.60 Å². The standard InChI is InChI=1S/C20H23NO4.C8H16O/c1-5-14-7-6-8-16(17(14)18(22)12(2)3)23-10-15-13(4)9-21-20-19(15)24-11-25-20;1-6(7-4-5-7)8(2,3)9/h6-9,12H,5,10-11H2,1-4H3;6-7,9H,4-5H2,1-3H3. The molecule has 1 atom stereocenters. The summed E-state index contributed by atoms with van der Waals surface area (Å²) in [4.78, 5) is 16.9. The van der Waals surface area contributed by atoms with Gasteiger partial charge in [0.2, 0.25) is 6.79 Å². The molecule has 6 heteroatoms. The van der Waals surface area contributed by atoms with Crippen molar-refractivity contribution < 1.29 is 24.1 Å². The van der Waals surface area contributed by atoms with Gasteiger partial charge in [-0.25, -0.2) is 4.98 Å². The lowest BCUT2D eigenvalue weighted by molar-refractivity contribution is 0.0155. The lowest BCUT2D eigenvalue weighted by atomic mass is 9.89. The molecule has 0 radical (unpaired) electrons. The molecule has 1 N–H and O–H groups in total. The van der Waals surface area contributed by atoms with Gasteiger partial charge in [0.1, 0.15) is 12.4 Å². The Hall–Kier alpha value is -2.60. The Labute approximate surface area is 203 Å². The molecule has 0 bridgehead atoms. The van der Waals surface area contributed by atoms with Gasteiger partial charge in [0.05, 0.1) is 11.2 Å². The van der Waals surface area contributed by atoms with Gasteiger partial charge in [0.15, 0.2) is 11.5 Å². The second-order valence-electron chi connectivity index (χ2n) is 10.2. The van der Waals surface area contributed by atoms with Crippen molar-refractivity contribution in [2.75, 3.05) is 6.79 Å². The molecule has 0 amide bonds. The maximum atomic E-state index is 12.7. The van der Waals surface area contributed by atoms with Crippen LogP contribution >= 0.6 is 0 Å². The Morgan fingerprint density at radius 2 is 1.94 bits per heavy atom. The fourth-order valence-corrected chi connectivity index (χ4v) is 4.06. The van der Waals surface area contributed by atoms with Gasteiger partial charge >= 0.3 is 0 Å². The average Bonchev–Trinajstić information content (AvgIpc) is 3.53. The highest BCUT2D eigenvalue weighted by Crippen LogP contribution is 2.41. The first-order valence-electron chi connectivity index (χ1n) is 12.3. The fourth-order valence-electron chi connectivity index (χ4n) is 4.06. The summed E-state index contributed by atoms with van der Waals surface area (Å²) >= 11 is 0. The second-order valence-corrected chi connectivity index (χ2v) is 10.2. The van der Waals surface area contributed by atoms with Crippen LogP contribution in [0.2, 0.25) is 0 Å². The molecule has 0 spiro atoms. The van der Waals surface area contributed by atoms with E-state index >= 15 is 0 Å². The highest BCUT2D eigenvalue weighted by Gasteiger charge is 2.36. The molecule has 6 nitrogen and oxygen atoms in total. The van der Waals surface area contributed by atoms with Crippen molar-refractivity contribution in [3.63, 3.8) is 0 Å². The quantitative estimate of drug-likeness (QED) is 0.485. The van der Waals surface area contributed by atoms with Gasteiger partial charge in [-0.15, -0.1) is 0 Å². The minimum absolute atomic E-state index is 0.0845. The van der Waals surface area contributed by atoms with E-state index in [0.29, 0.717) is 35.5 Å². The SMILES string of the molecule is CC(C1CC1)C(C)(C)O.CCc1cccc(OCc2c(C)cnc3c2OCO3)c1C(=O)C(C)C. The third kappa shape index (κ3) is 6.09. The molecule has 4 rings (SSSR count). The van der Waals surface area contributed by atoms with Gasteiger partial charge in [-0.1, -0.05) is 39.8 Å². The summed E-state index contributed by atoms with van der Waals surface area (Å²) in [5.74, 6) is 3.04.